The van der Waals surface area contributed by atoms with Gasteiger partial charge in [-0.2, -0.15) is 0 Å². The molecule has 5 nitrogen and oxygen atoms in total. The van der Waals surface area contributed by atoms with Crippen LogP contribution in [0.2, 0.25) is 0 Å². The molecule has 0 spiro atoms. The SMILES string of the molecule is CC(OC(=O)c1cc2ccccc2[nH]1)C(=O)N1CCCC1. The number of carbonyl (C=O) groups is 2. The average molecular weight is 286 g/mol. The monoisotopic (exact) mass is 286 g/mol. The maximum absolute atomic E-state index is 12.1. The van der Waals surface area contributed by atoms with Gasteiger partial charge in [-0.25, -0.2) is 4.79 Å². The van der Waals surface area contributed by atoms with Gasteiger partial charge in [0.15, 0.2) is 6.10 Å². The van der Waals surface area contributed by atoms with Gasteiger partial charge in [0.25, 0.3) is 5.91 Å². The number of fused-ring (bicyclic) bond motifs is 1. The Labute approximate surface area is 122 Å². The number of amides is 1. The molecule has 1 aliphatic rings. The molecular weight excluding hydrogens is 268 g/mol. The molecule has 0 radical (unpaired) electrons. The molecule has 110 valence electrons. The summed E-state index contributed by atoms with van der Waals surface area (Å²) >= 11 is 0. The van der Waals surface area contributed by atoms with Gasteiger partial charge in [-0.3, -0.25) is 4.79 Å². The van der Waals surface area contributed by atoms with Gasteiger partial charge in [0, 0.05) is 24.0 Å². The van der Waals surface area contributed by atoms with Crippen molar-refractivity contribution in [2.45, 2.75) is 25.9 Å². The number of hydrogen-bond acceptors (Lipinski definition) is 3. The number of aromatic amines is 1. The van der Waals surface area contributed by atoms with Crippen molar-refractivity contribution in [3.63, 3.8) is 0 Å². The fourth-order valence-electron chi connectivity index (χ4n) is 2.65. The minimum absolute atomic E-state index is 0.114. The summed E-state index contributed by atoms with van der Waals surface area (Å²) in [6, 6.07) is 9.36. The molecule has 1 N–H and O–H groups in total. The molecule has 2 aromatic rings. The Morgan fingerprint density at radius 3 is 2.67 bits per heavy atom. The molecule has 1 unspecified atom stereocenters. The quantitative estimate of drug-likeness (QED) is 0.881. The van der Waals surface area contributed by atoms with E-state index in [-0.39, 0.29) is 5.91 Å². The minimum Gasteiger partial charge on any atom is -0.448 e. The number of hydrogen-bond donors (Lipinski definition) is 1. The van der Waals surface area contributed by atoms with Gasteiger partial charge in [-0.1, -0.05) is 18.2 Å². The number of nitrogens with one attached hydrogen (secondary N) is 1. The summed E-state index contributed by atoms with van der Waals surface area (Å²) in [6.45, 7) is 3.14. The molecule has 1 aliphatic heterocycles. The van der Waals surface area contributed by atoms with Crippen molar-refractivity contribution in [3.05, 3.63) is 36.0 Å². The summed E-state index contributed by atoms with van der Waals surface area (Å²) in [6.07, 6.45) is 1.30. The van der Waals surface area contributed by atoms with Crippen LogP contribution in [0.5, 0.6) is 0 Å². The Kier molecular flexibility index (Phi) is 3.64. The lowest BCUT2D eigenvalue weighted by molar-refractivity contribution is -0.138. The van der Waals surface area contributed by atoms with Crippen molar-refractivity contribution in [2.24, 2.45) is 0 Å². The molecular formula is C16H18N2O3. The van der Waals surface area contributed by atoms with Gasteiger partial charge in [0.05, 0.1) is 0 Å². The van der Waals surface area contributed by atoms with Crippen LogP contribution in [0.4, 0.5) is 0 Å². The maximum atomic E-state index is 12.1. The number of aromatic nitrogens is 1. The van der Waals surface area contributed by atoms with E-state index in [1.165, 1.54) is 0 Å². The Hall–Kier alpha value is -2.30. The molecule has 1 atom stereocenters. The van der Waals surface area contributed by atoms with Crippen LogP contribution in [0.3, 0.4) is 0 Å². The predicted octanol–water partition coefficient (Wildman–Crippen LogP) is 2.34. The first kappa shape index (κ1) is 13.7. The number of likely N-dealkylation sites (tertiary alicyclic amines) is 1. The number of H-pyrrole nitrogens is 1. The zero-order chi connectivity index (χ0) is 14.8. The summed E-state index contributed by atoms with van der Waals surface area (Å²) in [4.78, 5) is 29.0. The number of esters is 1. The molecule has 1 fully saturated rings. The average Bonchev–Trinajstić information content (AvgIpc) is 3.15. The van der Waals surface area contributed by atoms with Crippen molar-refractivity contribution >= 4 is 22.8 Å². The first-order valence-electron chi connectivity index (χ1n) is 7.22. The molecule has 1 amide bonds. The zero-order valence-corrected chi connectivity index (χ0v) is 12.0. The number of ether oxygens (including phenoxy) is 1. The molecule has 1 aromatic carbocycles. The normalized spacial score (nSPS) is 16.1. The van der Waals surface area contributed by atoms with E-state index in [1.807, 2.05) is 24.3 Å². The van der Waals surface area contributed by atoms with Crippen molar-refractivity contribution < 1.29 is 14.3 Å². The number of nitrogens with zero attached hydrogens (tertiary/aromatic N) is 1. The highest BCUT2D eigenvalue weighted by Crippen LogP contribution is 2.16. The Balaban J connectivity index is 1.68. The third kappa shape index (κ3) is 2.77. The Morgan fingerprint density at radius 2 is 1.95 bits per heavy atom. The van der Waals surface area contributed by atoms with E-state index in [1.54, 1.807) is 17.9 Å². The molecule has 1 aromatic heterocycles. The third-order valence-electron chi connectivity index (χ3n) is 3.80. The lowest BCUT2D eigenvalue weighted by Gasteiger charge is -2.20. The van der Waals surface area contributed by atoms with Crippen LogP contribution in [0, 0.1) is 0 Å². The third-order valence-corrected chi connectivity index (χ3v) is 3.80. The molecule has 5 heteroatoms. The van der Waals surface area contributed by atoms with Gasteiger partial charge in [0.2, 0.25) is 0 Å². The van der Waals surface area contributed by atoms with Crippen molar-refractivity contribution in [1.29, 1.82) is 0 Å². The summed E-state index contributed by atoms with van der Waals surface area (Å²) in [5.41, 5.74) is 1.25. The van der Waals surface area contributed by atoms with E-state index < -0.39 is 12.1 Å². The van der Waals surface area contributed by atoms with Crippen LogP contribution in [0.25, 0.3) is 10.9 Å². The molecule has 1 saturated heterocycles. The number of carbonyl (C=O) groups excluding carboxylic acids is 2. The van der Waals surface area contributed by atoms with Crippen LogP contribution in [0.1, 0.15) is 30.3 Å². The first-order chi connectivity index (χ1) is 10.1. The second kappa shape index (κ2) is 5.60. The van der Waals surface area contributed by atoms with Crippen molar-refractivity contribution in [2.75, 3.05) is 13.1 Å². The van der Waals surface area contributed by atoms with E-state index in [4.69, 9.17) is 4.74 Å². The van der Waals surface area contributed by atoms with Crippen molar-refractivity contribution in [3.8, 4) is 0 Å². The molecule has 0 bridgehead atoms. The standard InChI is InChI=1S/C16H18N2O3/c1-11(15(19)18-8-4-5-9-18)21-16(20)14-10-12-6-2-3-7-13(12)17-14/h2-3,6-7,10-11,17H,4-5,8-9H2,1H3. The fraction of sp³-hybridized carbons (Fsp3) is 0.375. The molecule has 0 saturated carbocycles. The van der Waals surface area contributed by atoms with Gasteiger partial charge in [0.1, 0.15) is 5.69 Å². The van der Waals surface area contributed by atoms with Crippen molar-refractivity contribution in [1.82, 2.24) is 9.88 Å². The second-order valence-electron chi connectivity index (χ2n) is 5.35. The van der Waals surface area contributed by atoms with Crippen LogP contribution in [-0.4, -0.2) is 41.0 Å². The van der Waals surface area contributed by atoms with Gasteiger partial charge in [-0.15, -0.1) is 0 Å². The van der Waals surface area contributed by atoms with E-state index in [2.05, 4.69) is 4.98 Å². The molecule has 21 heavy (non-hydrogen) atoms. The molecule has 3 rings (SSSR count). The van der Waals surface area contributed by atoms with Gasteiger partial charge < -0.3 is 14.6 Å². The summed E-state index contributed by atoms with van der Waals surface area (Å²) in [5.74, 6) is -0.608. The number of rotatable bonds is 3. The lowest BCUT2D eigenvalue weighted by Crippen LogP contribution is -2.38. The largest absolute Gasteiger partial charge is 0.448 e. The minimum atomic E-state index is -0.748. The Morgan fingerprint density at radius 1 is 1.24 bits per heavy atom. The summed E-state index contributed by atoms with van der Waals surface area (Å²) in [7, 11) is 0. The van der Waals surface area contributed by atoms with Crippen LogP contribution in [-0.2, 0) is 9.53 Å². The highest BCUT2D eigenvalue weighted by atomic mass is 16.5. The highest BCUT2D eigenvalue weighted by Gasteiger charge is 2.26. The van der Waals surface area contributed by atoms with E-state index in [9.17, 15) is 9.59 Å². The van der Waals surface area contributed by atoms with Crippen LogP contribution < -0.4 is 0 Å². The topological polar surface area (TPSA) is 62.4 Å². The molecule has 2 heterocycles. The van der Waals surface area contributed by atoms with E-state index in [0.717, 1.165) is 36.8 Å². The van der Waals surface area contributed by atoms with Crippen LogP contribution >= 0.6 is 0 Å². The smallest absolute Gasteiger partial charge is 0.355 e. The van der Waals surface area contributed by atoms with Crippen LogP contribution in [0.15, 0.2) is 30.3 Å². The van der Waals surface area contributed by atoms with Gasteiger partial charge >= 0.3 is 5.97 Å². The second-order valence-corrected chi connectivity index (χ2v) is 5.35. The maximum Gasteiger partial charge on any atom is 0.355 e. The van der Waals surface area contributed by atoms with Gasteiger partial charge in [-0.05, 0) is 31.9 Å². The highest BCUT2D eigenvalue weighted by molar-refractivity contribution is 5.96. The molecule has 0 aliphatic carbocycles. The summed E-state index contributed by atoms with van der Waals surface area (Å²) < 4.78 is 5.28. The zero-order valence-electron chi connectivity index (χ0n) is 12.0. The first-order valence-corrected chi connectivity index (χ1v) is 7.22. The van der Waals surface area contributed by atoms with E-state index >= 15 is 0 Å². The predicted molar refractivity (Wildman–Crippen MR) is 79.0 cm³/mol. The number of benzene rings is 1. The lowest BCUT2D eigenvalue weighted by atomic mass is 10.2. The number of para-hydroxylation sites is 1. The van der Waals surface area contributed by atoms with E-state index in [0.29, 0.717) is 5.69 Å². The fourth-order valence-corrected chi connectivity index (χ4v) is 2.65. The Bertz CT molecular complexity index is 638. The summed E-state index contributed by atoms with van der Waals surface area (Å²) in [5, 5.41) is 0.947.